The van der Waals surface area contributed by atoms with Crippen LogP contribution in [0.15, 0.2) is 0 Å². The number of carbonyl (C=O) groups is 1. The first-order valence-corrected chi connectivity index (χ1v) is 5.69. The Bertz CT molecular complexity index is 347. The van der Waals surface area contributed by atoms with Gasteiger partial charge >= 0.3 is 5.97 Å². The molecule has 1 aliphatic heterocycles. The number of nitrogens with zero attached hydrogens (tertiary/aromatic N) is 2. The summed E-state index contributed by atoms with van der Waals surface area (Å²) in [5.74, 6) is -0.433. The van der Waals surface area contributed by atoms with Gasteiger partial charge in [-0.15, -0.1) is 21.5 Å². The van der Waals surface area contributed by atoms with Crippen LogP contribution in [0.25, 0.3) is 0 Å². The quantitative estimate of drug-likeness (QED) is 0.834. The number of ether oxygens (including phenoxy) is 1. The number of hydrogen-bond donors (Lipinski definition) is 1. The van der Waals surface area contributed by atoms with Gasteiger partial charge < -0.3 is 9.84 Å². The van der Waals surface area contributed by atoms with E-state index >= 15 is 0 Å². The summed E-state index contributed by atoms with van der Waals surface area (Å²) in [6.45, 7) is 1.50. The van der Waals surface area contributed by atoms with E-state index in [-0.39, 0.29) is 6.42 Å². The van der Waals surface area contributed by atoms with E-state index in [1.165, 1.54) is 11.3 Å². The smallest absolute Gasteiger partial charge is 0.303 e. The van der Waals surface area contributed by atoms with Gasteiger partial charge in [0.1, 0.15) is 10.0 Å². The van der Waals surface area contributed by atoms with Crippen LogP contribution in [0.4, 0.5) is 0 Å². The van der Waals surface area contributed by atoms with Crippen LogP contribution in [-0.4, -0.2) is 34.5 Å². The van der Waals surface area contributed by atoms with Crippen molar-refractivity contribution in [1.29, 1.82) is 0 Å². The normalized spacial score (nSPS) is 20.7. The Labute approximate surface area is 91.1 Å². The van der Waals surface area contributed by atoms with Crippen molar-refractivity contribution >= 4 is 17.3 Å². The zero-order valence-corrected chi connectivity index (χ0v) is 9.00. The van der Waals surface area contributed by atoms with Crippen LogP contribution in [0, 0.1) is 0 Å². The second-order valence-electron chi connectivity index (χ2n) is 3.49. The molecule has 1 unspecified atom stereocenters. The van der Waals surface area contributed by atoms with E-state index in [0.717, 1.165) is 23.0 Å². The Morgan fingerprint density at radius 3 is 3.13 bits per heavy atom. The maximum absolute atomic E-state index is 10.4. The lowest BCUT2D eigenvalue weighted by atomic mass is 10.1. The van der Waals surface area contributed by atoms with Gasteiger partial charge in [0.05, 0.1) is 13.0 Å². The molecule has 1 N–H and O–H groups in total. The molecule has 1 aromatic rings. The zero-order chi connectivity index (χ0) is 10.7. The topological polar surface area (TPSA) is 72.3 Å². The van der Waals surface area contributed by atoms with Crippen molar-refractivity contribution in [2.45, 2.75) is 25.2 Å². The van der Waals surface area contributed by atoms with Crippen LogP contribution in [0.5, 0.6) is 0 Å². The lowest BCUT2D eigenvalue weighted by molar-refractivity contribution is -0.136. The van der Waals surface area contributed by atoms with E-state index < -0.39 is 5.97 Å². The molecule has 0 aromatic carbocycles. The standard InChI is InChI=1S/C9H12N2O3S/c12-8(13)2-1-7-10-11-9(15-7)6-3-4-14-5-6/h6H,1-5H2,(H,12,13). The molecule has 15 heavy (non-hydrogen) atoms. The van der Waals surface area contributed by atoms with E-state index in [1.54, 1.807) is 0 Å². The molecule has 0 radical (unpaired) electrons. The highest BCUT2D eigenvalue weighted by atomic mass is 32.1. The van der Waals surface area contributed by atoms with E-state index in [9.17, 15) is 4.79 Å². The van der Waals surface area contributed by atoms with Crippen LogP contribution < -0.4 is 0 Å². The lowest BCUT2D eigenvalue weighted by Gasteiger charge is -1.98. The zero-order valence-electron chi connectivity index (χ0n) is 8.18. The van der Waals surface area contributed by atoms with Gasteiger partial charge in [0, 0.05) is 18.9 Å². The third kappa shape index (κ3) is 2.73. The van der Waals surface area contributed by atoms with Crippen molar-refractivity contribution in [2.75, 3.05) is 13.2 Å². The predicted molar refractivity (Wildman–Crippen MR) is 54.0 cm³/mol. The minimum atomic E-state index is -0.795. The van der Waals surface area contributed by atoms with Crippen molar-refractivity contribution in [3.63, 3.8) is 0 Å². The van der Waals surface area contributed by atoms with Crippen molar-refractivity contribution in [3.05, 3.63) is 10.0 Å². The molecule has 0 spiro atoms. The number of aryl methyl sites for hydroxylation is 1. The summed E-state index contributed by atoms with van der Waals surface area (Å²) >= 11 is 1.51. The molecule has 1 atom stereocenters. The fraction of sp³-hybridized carbons (Fsp3) is 0.667. The molecule has 5 nitrogen and oxygen atoms in total. The van der Waals surface area contributed by atoms with E-state index in [2.05, 4.69) is 10.2 Å². The summed E-state index contributed by atoms with van der Waals surface area (Å²) in [7, 11) is 0. The second kappa shape index (κ2) is 4.67. The Kier molecular flexibility index (Phi) is 3.27. The summed E-state index contributed by atoms with van der Waals surface area (Å²) in [6, 6.07) is 0. The lowest BCUT2D eigenvalue weighted by Crippen LogP contribution is -1.96. The minimum absolute atomic E-state index is 0.121. The maximum atomic E-state index is 10.4. The van der Waals surface area contributed by atoms with Crippen molar-refractivity contribution in [2.24, 2.45) is 0 Å². The van der Waals surface area contributed by atoms with Gasteiger partial charge in [-0.2, -0.15) is 0 Å². The Hall–Kier alpha value is -1.01. The van der Waals surface area contributed by atoms with Gasteiger partial charge in [0.2, 0.25) is 0 Å². The summed E-state index contributed by atoms with van der Waals surface area (Å²) < 4.78 is 5.26. The van der Waals surface area contributed by atoms with Crippen LogP contribution in [-0.2, 0) is 16.0 Å². The van der Waals surface area contributed by atoms with Crippen LogP contribution >= 0.6 is 11.3 Å². The third-order valence-corrected chi connectivity index (χ3v) is 3.46. The van der Waals surface area contributed by atoms with Gasteiger partial charge in [-0.1, -0.05) is 0 Å². The van der Waals surface area contributed by atoms with Crippen molar-refractivity contribution in [1.82, 2.24) is 10.2 Å². The van der Waals surface area contributed by atoms with Gasteiger partial charge in [0.25, 0.3) is 0 Å². The van der Waals surface area contributed by atoms with E-state index in [0.29, 0.717) is 18.9 Å². The average molecular weight is 228 g/mol. The molecule has 1 fully saturated rings. The fourth-order valence-electron chi connectivity index (χ4n) is 1.48. The molecule has 6 heteroatoms. The number of aliphatic carboxylic acids is 1. The molecule has 1 aromatic heterocycles. The van der Waals surface area contributed by atoms with Crippen molar-refractivity contribution < 1.29 is 14.6 Å². The van der Waals surface area contributed by atoms with Crippen LogP contribution in [0.1, 0.15) is 28.8 Å². The first-order chi connectivity index (χ1) is 7.25. The van der Waals surface area contributed by atoms with Crippen molar-refractivity contribution in [3.8, 4) is 0 Å². The molecule has 1 saturated heterocycles. The molecule has 2 rings (SSSR count). The van der Waals surface area contributed by atoms with Gasteiger partial charge in [-0.3, -0.25) is 4.79 Å². The largest absolute Gasteiger partial charge is 0.481 e. The Morgan fingerprint density at radius 2 is 2.47 bits per heavy atom. The van der Waals surface area contributed by atoms with Crippen LogP contribution in [0.2, 0.25) is 0 Å². The van der Waals surface area contributed by atoms with Gasteiger partial charge in [0.15, 0.2) is 0 Å². The van der Waals surface area contributed by atoms with Gasteiger partial charge in [-0.25, -0.2) is 0 Å². The summed E-state index contributed by atoms with van der Waals surface area (Å²) in [5, 5.41) is 18.4. The molecular weight excluding hydrogens is 216 g/mol. The molecule has 1 aliphatic rings. The highest BCUT2D eigenvalue weighted by molar-refractivity contribution is 7.11. The van der Waals surface area contributed by atoms with Gasteiger partial charge in [-0.05, 0) is 6.42 Å². The number of carboxylic acid groups (broad SMARTS) is 1. The predicted octanol–water partition coefficient (Wildman–Crippen LogP) is 1.06. The molecule has 82 valence electrons. The monoisotopic (exact) mass is 228 g/mol. The summed E-state index contributed by atoms with van der Waals surface area (Å²) in [6.07, 6.45) is 1.59. The van der Waals surface area contributed by atoms with E-state index in [1.807, 2.05) is 0 Å². The molecule has 0 amide bonds. The first-order valence-electron chi connectivity index (χ1n) is 4.87. The number of rotatable bonds is 4. The third-order valence-electron chi connectivity index (χ3n) is 2.31. The molecular formula is C9H12N2O3S. The highest BCUT2D eigenvalue weighted by Crippen LogP contribution is 2.27. The Balaban J connectivity index is 1.94. The minimum Gasteiger partial charge on any atom is -0.481 e. The fourth-order valence-corrected chi connectivity index (χ4v) is 2.44. The van der Waals surface area contributed by atoms with Crippen LogP contribution in [0.3, 0.4) is 0 Å². The summed E-state index contributed by atoms with van der Waals surface area (Å²) in [5.41, 5.74) is 0. The molecule has 0 aliphatic carbocycles. The second-order valence-corrected chi connectivity index (χ2v) is 4.58. The Morgan fingerprint density at radius 1 is 1.60 bits per heavy atom. The summed E-state index contributed by atoms with van der Waals surface area (Å²) in [4.78, 5) is 10.4. The maximum Gasteiger partial charge on any atom is 0.303 e. The highest BCUT2D eigenvalue weighted by Gasteiger charge is 2.21. The van der Waals surface area contributed by atoms with E-state index in [4.69, 9.17) is 9.84 Å². The molecule has 0 bridgehead atoms. The number of carboxylic acids is 1. The molecule has 2 heterocycles. The average Bonchev–Trinajstić information content (AvgIpc) is 2.85. The number of hydrogen-bond acceptors (Lipinski definition) is 5. The number of aromatic nitrogens is 2. The first kappa shape index (κ1) is 10.5. The SMILES string of the molecule is O=C(O)CCc1nnc(C2CCOC2)s1. The molecule has 0 saturated carbocycles.